The van der Waals surface area contributed by atoms with E-state index in [1.54, 1.807) is 19.2 Å². The van der Waals surface area contributed by atoms with Crippen molar-refractivity contribution in [3.8, 4) is 11.6 Å². The monoisotopic (exact) mass is 397 g/mol. The molecule has 0 saturated heterocycles. The summed E-state index contributed by atoms with van der Waals surface area (Å²) < 4.78 is 11.2. The number of aromatic carboxylic acids is 1. The molecule has 1 unspecified atom stereocenters. The third kappa shape index (κ3) is 3.49. The average Bonchev–Trinajstić information content (AvgIpc) is 2.68. The van der Waals surface area contributed by atoms with Crippen molar-refractivity contribution in [2.75, 3.05) is 19.0 Å². The molecule has 0 radical (unpaired) electrons. The number of ether oxygens (including phenoxy) is 2. The smallest absolute Gasteiger partial charge is 0.335 e. The third-order valence-corrected chi connectivity index (χ3v) is 4.90. The van der Waals surface area contributed by atoms with Gasteiger partial charge < -0.3 is 25.6 Å². The zero-order valence-electron chi connectivity index (χ0n) is 16.7. The molecule has 1 aliphatic rings. The van der Waals surface area contributed by atoms with Crippen LogP contribution in [-0.2, 0) is 4.79 Å². The number of aryl methyl sites for hydroxylation is 1. The number of benzene rings is 1. The van der Waals surface area contributed by atoms with Crippen LogP contribution in [0.15, 0.2) is 35.7 Å². The van der Waals surface area contributed by atoms with E-state index < -0.39 is 17.8 Å². The van der Waals surface area contributed by atoms with Gasteiger partial charge in [-0.1, -0.05) is 6.07 Å². The van der Waals surface area contributed by atoms with Gasteiger partial charge in [0.1, 0.15) is 5.75 Å². The van der Waals surface area contributed by atoms with E-state index in [2.05, 4.69) is 10.3 Å². The number of amides is 1. The molecule has 2 heterocycles. The fraction of sp³-hybridized carbons (Fsp3) is 0.286. The van der Waals surface area contributed by atoms with Gasteiger partial charge in [0.2, 0.25) is 11.8 Å². The number of hydrogen-bond donors (Lipinski definition) is 3. The Morgan fingerprint density at radius 1 is 1.31 bits per heavy atom. The molecule has 4 N–H and O–H groups in total. The topological polar surface area (TPSA) is 124 Å². The van der Waals surface area contributed by atoms with Gasteiger partial charge in [-0.05, 0) is 38.5 Å². The first-order valence-electron chi connectivity index (χ1n) is 9.11. The second-order valence-corrected chi connectivity index (χ2v) is 6.69. The van der Waals surface area contributed by atoms with Crippen molar-refractivity contribution in [2.24, 2.45) is 5.73 Å². The number of anilines is 1. The Kier molecular flexibility index (Phi) is 5.45. The highest BCUT2D eigenvalue weighted by Crippen LogP contribution is 2.48. The summed E-state index contributed by atoms with van der Waals surface area (Å²) in [6, 6.07) is 4.53. The Bertz CT molecular complexity index is 1030. The largest absolute Gasteiger partial charge is 0.496 e. The van der Waals surface area contributed by atoms with Crippen LogP contribution in [0.2, 0.25) is 0 Å². The number of carboxylic acids is 1. The molecule has 0 spiro atoms. The molecular formula is C21H23N3O5. The fourth-order valence-electron chi connectivity index (χ4n) is 3.63. The van der Waals surface area contributed by atoms with Crippen LogP contribution in [0.1, 0.15) is 46.8 Å². The molecule has 152 valence electrons. The molecule has 1 atom stereocenters. The zero-order valence-corrected chi connectivity index (χ0v) is 16.7. The summed E-state index contributed by atoms with van der Waals surface area (Å²) in [5, 5.41) is 12.6. The third-order valence-electron chi connectivity index (χ3n) is 4.90. The molecule has 8 heteroatoms. The summed E-state index contributed by atoms with van der Waals surface area (Å²) in [6.45, 7) is 5.91. The van der Waals surface area contributed by atoms with Crippen LogP contribution in [0.4, 0.5) is 5.69 Å². The van der Waals surface area contributed by atoms with Crippen molar-refractivity contribution in [1.82, 2.24) is 4.98 Å². The van der Waals surface area contributed by atoms with Crippen LogP contribution in [-0.4, -0.2) is 35.7 Å². The summed E-state index contributed by atoms with van der Waals surface area (Å²) >= 11 is 0. The Hall–Kier alpha value is -3.55. The van der Waals surface area contributed by atoms with E-state index in [9.17, 15) is 14.7 Å². The van der Waals surface area contributed by atoms with Crippen molar-refractivity contribution in [2.45, 2.75) is 26.7 Å². The number of carbonyl (C=O) groups excluding carboxylic acids is 1. The van der Waals surface area contributed by atoms with Gasteiger partial charge in [-0.25, -0.2) is 9.78 Å². The minimum Gasteiger partial charge on any atom is -0.496 e. The summed E-state index contributed by atoms with van der Waals surface area (Å²) in [7, 11) is 1.45. The van der Waals surface area contributed by atoms with E-state index in [1.807, 2.05) is 13.8 Å². The molecule has 0 saturated carbocycles. The minimum absolute atomic E-state index is 0.0773. The lowest BCUT2D eigenvalue weighted by Crippen LogP contribution is -2.28. The number of allylic oxidation sites excluding steroid dienone is 1. The number of nitrogens with zero attached hydrogens (tertiary/aromatic N) is 1. The molecule has 0 aliphatic carbocycles. The number of carbonyl (C=O) groups is 2. The first-order chi connectivity index (χ1) is 13.8. The van der Waals surface area contributed by atoms with E-state index in [1.165, 1.54) is 19.2 Å². The first kappa shape index (κ1) is 20.2. The molecule has 0 fully saturated rings. The summed E-state index contributed by atoms with van der Waals surface area (Å²) in [5.74, 6) is -1.59. The molecule has 3 rings (SSSR count). The second kappa shape index (κ2) is 7.83. The maximum atomic E-state index is 12.4. The maximum absolute atomic E-state index is 12.4. The molecule has 29 heavy (non-hydrogen) atoms. The molecule has 1 aliphatic heterocycles. The number of pyridine rings is 1. The number of fused-ring (bicyclic) bond motifs is 1. The fourth-order valence-corrected chi connectivity index (χ4v) is 3.63. The quantitative estimate of drug-likeness (QED) is 0.685. The van der Waals surface area contributed by atoms with Gasteiger partial charge in [0, 0.05) is 23.0 Å². The lowest BCUT2D eigenvalue weighted by atomic mass is 9.79. The maximum Gasteiger partial charge on any atom is 0.335 e. The van der Waals surface area contributed by atoms with E-state index in [4.69, 9.17) is 15.2 Å². The molecule has 1 aromatic heterocycles. The number of methoxy groups -OCH3 is 1. The molecular weight excluding hydrogens is 374 g/mol. The lowest BCUT2D eigenvalue weighted by molar-refractivity contribution is -0.114. The summed E-state index contributed by atoms with van der Waals surface area (Å²) in [6.07, 6.45) is 1.70. The van der Waals surface area contributed by atoms with Crippen molar-refractivity contribution in [3.05, 3.63) is 57.9 Å². The number of nitrogens with two attached hydrogens (primary N) is 1. The van der Waals surface area contributed by atoms with E-state index in [0.29, 0.717) is 40.6 Å². The van der Waals surface area contributed by atoms with E-state index in [0.717, 1.165) is 11.3 Å². The van der Waals surface area contributed by atoms with Gasteiger partial charge in [0.05, 0.1) is 36.4 Å². The van der Waals surface area contributed by atoms with Gasteiger partial charge in [-0.2, -0.15) is 0 Å². The highest BCUT2D eigenvalue weighted by molar-refractivity contribution is 5.98. The van der Waals surface area contributed by atoms with E-state index >= 15 is 0 Å². The Morgan fingerprint density at radius 3 is 2.62 bits per heavy atom. The predicted octanol–water partition coefficient (Wildman–Crippen LogP) is 2.81. The Balaban J connectivity index is 2.36. The van der Waals surface area contributed by atoms with Gasteiger partial charge in [0.25, 0.3) is 0 Å². The van der Waals surface area contributed by atoms with Crippen LogP contribution >= 0.6 is 0 Å². The highest BCUT2D eigenvalue weighted by atomic mass is 16.5. The SMILES string of the molecule is CCOc1ncc(C)c2c1C(c1ccc(C(=O)O)cc1OC)C(C(N)=O)=C(C)N2. The number of rotatable bonds is 6. The normalized spacial score (nSPS) is 15.4. The van der Waals surface area contributed by atoms with Gasteiger partial charge in [-0.3, -0.25) is 4.79 Å². The van der Waals surface area contributed by atoms with Gasteiger partial charge in [0.15, 0.2) is 0 Å². The Morgan fingerprint density at radius 2 is 2.03 bits per heavy atom. The molecule has 8 nitrogen and oxygen atoms in total. The molecule has 1 amide bonds. The number of nitrogens with one attached hydrogen (secondary N) is 1. The lowest BCUT2D eigenvalue weighted by Gasteiger charge is -2.32. The van der Waals surface area contributed by atoms with Crippen LogP contribution in [0.3, 0.4) is 0 Å². The van der Waals surface area contributed by atoms with Gasteiger partial charge >= 0.3 is 5.97 Å². The van der Waals surface area contributed by atoms with Crippen LogP contribution in [0.5, 0.6) is 11.6 Å². The predicted molar refractivity (Wildman–Crippen MR) is 107 cm³/mol. The van der Waals surface area contributed by atoms with Crippen molar-refractivity contribution in [1.29, 1.82) is 0 Å². The number of carboxylic acid groups (broad SMARTS) is 1. The van der Waals surface area contributed by atoms with Crippen LogP contribution in [0, 0.1) is 6.92 Å². The average molecular weight is 397 g/mol. The standard InChI is InChI=1S/C21H23N3O5/c1-5-29-20-17-16(13-7-6-12(21(26)27)8-14(13)28-4)15(19(22)25)11(3)24-18(17)10(2)9-23-20/h6-9,16,24H,5H2,1-4H3,(H2,22,25)(H,26,27). The number of hydrogen-bond acceptors (Lipinski definition) is 6. The number of aromatic nitrogens is 1. The van der Waals surface area contributed by atoms with Crippen molar-refractivity contribution in [3.63, 3.8) is 0 Å². The van der Waals surface area contributed by atoms with Crippen LogP contribution in [0.25, 0.3) is 0 Å². The Labute approximate surface area is 168 Å². The zero-order chi connectivity index (χ0) is 21.3. The van der Waals surface area contributed by atoms with Crippen LogP contribution < -0.4 is 20.5 Å². The molecule has 1 aromatic carbocycles. The summed E-state index contributed by atoms with van der Waals surface area (Å²) in [4.78, 5) is 28.2. The molecule has 2 aromatic rings. The second-order valence-electron chi connectivity index (χ2n) is 6.69. The van der Waals surface area contributed by atoms with Crippen molar-refractivity contribution >= 4 is 17.6 Å². The highest BCUT2D eigenvalue weighted by Gasteiger charge is 2.37. The molecule has 0 bridgehead atoms. The van der Waals surface area contributed by atoms with E-state index in [-0.39, 0.29) is 5.56 Å². The minimum atomic E-state index is -1.07. The number of primary amides is 1. The summed E-state index contributed by atoms with van der Waals surface area (Å²) in [5.41, 5.74) is 9.68. The van der Waals surface area contributed by atoms with Gasteiger partial charge in [-0.15, -0.1) is 0 Å². The first-order valence-corrected chi connectivity index (χ1v) is 9.11. The van der Waals surface area contributed by atoms with Crippen molar-refractivity contribution < 1.29 is 24.2 Å².